The maximum absolute atomic E-state index is 12.5. The van der Waals surface area contributed by atoms with E-state index in [9.17, 15) is 9.59 Å². The van der Waals surface area contributed by atoms with Crippen molar-refractivity contribution in [3.8, 4) is 0 Å². The predicted octanol–water partition coefficient (Wildman–Crippen LogP) is 3.00. The fourth-order valence-electron chi connectivity index (χ4n) is 3.42. The minimum absolute atomic E-state index is 0.147. The molecule has 3 aromatic rings. The molecule has 2 aromatic carbocycles. The van der Waals surface area contributed by atoms with E-state index in [1.807, 2.05) is 35.1 Å². The summed E-state index contributed by atoms with van der Waals surface area (Å²) in [7, 11) is 0. The third-order valence-electron chi connectivity index (χ3n) is 4.60. The van der Waals surface area contributed by atoms with E-state index in [0.717, 1.165) is 22.0 Å². The Labute approximate surface area is 145 Å². The van der Waals surface area contributed by atoms with Crippen LogP contribution in [0.3, 0.4) is 0 Å². The van der Waals surface area contributed by atoms with E-state index in [-0.39, 0.29) is 12.4 Å². The van der Waals surface area contributed by atoms with Gasteiger partial charge in [0.2, 0.25) is 0 Å². The molecule has 0 saturated carbocycles. The molecule has 1 aromatic heterocycles. The first-order valence-electron chi connectivity index (χ1n) is 8.41. The average Bonchev–Trinajstić information content (AvgIpc) is 3.17. The second-order valence-corrected chi connectivity index (χ2v) is 6.21. The van der Waals surface area contributed by atoms with Crippen molar-refractivity contribution >= 4 is 22.7 Å². The number of hydrogen-bond donors (Lipinski definition) is 0. The van der Waals surface area contributed by atoms with Gasteiger partial charge in [0.05, 0.1) is 18.7 Å². The normalized spacial score (nSPS) is 16.2. The van der Waals surface area contributed by atoms with E-state index in [2.05, 4.69) is 17.2 Å². The van der Waals surface area contributed by atoms with Gasteiger partial charge in [-0.2, -0.15) is 5.10 Å². The SMILES string of the molecule is CCOC(=O)[C@@H]1Cc2c(ccc3nn(Cc4ccccc4)cc23)C1=O. The number of carbonyl (C=O) groups is 2. The van der Waals surface area contributed by atoms with Gasteiger partial charge in [0.25, 0.3) is 0 Å². The van der Waals surface area contributed by atoms with Crippen LogP contribution in [0.2, 0.25) is 0 Å². The number of ether oxygens (including phenoxy) is 1. The number of carbonyl (C=O) groups excluding carboxylic acids is 2. The Kier molecular flexibility index (Phi) is 3.84. The minimum Gasteiger partial charge on any atom is -0.465 e. The Morgan fingerprint density at radius 3 is 2.80 bits per heavy atom. The first kappa shape index (κ1) is 15.6. The molecule has 4 rings (SSSR count). The van der Waals surface area contributed by atoms with Gasteiger partial charge in [0, 0.05) is 17.1 Å². The molecule has 0 aliphatic heterocycles. The molecule has 0 amide bonds. The molecule has 1 heterocycles. The van der Waals surface area contributed by atoms with Crippen LogP contribution in [-0.4, -0.2) is 28.1 Å². The van der Waals surface area contributed by atoms with Crippen LogP contribution in [0.1, 0.15) is 28.4 Å². The van der Waals surface area contributed by atoms with Crippen LogP contribution in [0.4, 0.5) is 0 Å². The molecule has 5 nitrogen and oxygen atoms in total. The summed E-state index contributed by atoms with van der Waals surface area (Å²) in [5.74, 6) is -1.31. The van der Waals surface area contributed by atoms with Crippen molar-refractivity contribution in [2.24, 2.45) is 5.92 Å². The van der Waals surface area contributed by atoms with Crippen LogP contribution in [0.5, 0.6) is 0 Å². The molecule has 0 radical (unpaired) electrons. The molecule has 5 heteroatoms. The molecule has 1 atom stereocenters. The van der Waals surface area contributed by atoms with E-state index in [4.69, 9.17) is 4.74 Å². The molecule has 0 bridgehead atoms. The van der Waals surface area contributed by atoms with Crippen molar-refractivity contribution in [2.75, 3.05) is 6.61 Å². The van der Waals surface area contributed by atoms with Crippen LogP contribution >= 0.6 is 0 Å². The molecule has 126 valence electrons. The van der Waals surface area contributed by atoms with Gasteiger partial charge in [-0.25, -0.2) is 0 Å². The zero-order chi connectivity index (χ0) is 17.4. The first-order chi connectivity index (χ1) is 12.2. The summed E-state index contributed by atoms with van der Waals surface area (Å²) in [6.45, 7) is 2.69. The van der Waals surface area contributed by atoms with Crippen molar-refractivity contribution in [1.82, 2.24) is 9.78 Å². The number of ketones is 1. The highest BCUT2D eigenvalue weighted by Crippen LogP contribution is 2.33. The minimum atomic E-state index is -0.724. The van der Waals surface area contributed by atoms with Gasteiger partial charge in [-0.3, -0.25) is 14.3 Å². The third kappa shape index (κ3) is 2.71. The lowest BCUT2D eigenvalue weighted by Crippen LogP contribution is -2.23. The van der Waals surface area contributed by atoms with E-state index in [1.54, 1.807) is 13.0 Å². The van der Waals surface area contributed by atoms with Gasteiger partial charge in [-0.05, 0) is 36.6 Å². The van der Waals surface area contributed by atoms with Crippen LogP contribution in [0, 0.1) is 5.92 Å². The van der Waals surface area contributed by atoms with Crippen molar-refractivity contribution in [1.29, 1.82) is 0 Å². The Bertz CT molecular complexity index is 960. The second-order valence-electron chi connectivity index (χ2n) is 6.21. The molecule has 0 fully saturated rings. The van der Waals surface area contributed by atoms with Gasteiger partial charge in [-0.15, -0.1) is 0 Å². The maximum atomic E-state index is 12.5. The summed E-state index contributed by atoms with van der Waals surface area (Å²) in [5.41, 5.74) is 3.52. The highest BCUT2D eigenvalue weighted by Gasteiger charge is 2.38. The fourth-order valence-corrected chi connectivity index (χ4v) is 3.42. The number of nitrogens with zero attached hydrogens (tertiary/aromatic N) is 2. The summed E-state index contributed by atoms with van der Waals surface area (Å²) < 4.78 is 6.92. The number of benzene rings is 2. The molecule has 25 heavy (non-hydrogen) atoms. The van der Waals surface area contributed by atoms with Crippen LogP contribution < -0.4 is 0 Å². The van der Waals surface area contributed by atoms with Crippen molar-refractivity contribution < 1.29 is 14.3 Å². The van der Waals surface area contributed by atoms with Crippen LogP contribution in [0.25, 0.3) is 10.9 Å². The summed E-state index contributed by atoms with van der Waals surface area (Å²) in [5, 5.41) is 5.54. The van der Waals surface area contributed by atoms with Gasteiger partial charge < -0.3 is 4.74 Å². The van der Waals surface area contributed by atoms with Crippen molar-refractivity contribution in [2.45, 2.75) is 19.9 Å². The average molecular weight is 334 g/mol. The number of Topliss-reactive ketones (excluding diaryl/α,β-unsaturated/α-hetero) is 1. The Balaban J connectivity index is 1.69. The zero-order valence-corrected chi connectivity index (χ0v) is 13.9. The third-order valence-corrected chi connectivity index (χ3v) is 4.60. The van der Waals surface area contributed by atoms with Crippen molar-refractivity contribution in [3.63, 3.8) is 0 Å². The topological polar surface area (TPSA) is 61.2 Å². The summed E-state index contributed by atoms with van der Waals surface area (Å²) >= 11 is 0. The summed E-state index contributed by atoms with van der Waals surface area (Å²) in [4.78, 5) is 24.6. The first-order valence-corrected chi connectivity index (χ1v) is 8.41. The largest absolute Gasteiger partial charge is 0.465 e. The Hall–Kier alpha value is -2.95. The lowest BCUT2D eigenvalue weighted by Gasteiger charge is -2.06. The highest BCUT2D eigenvalue weighted by atomic mass is 16.5. The van der Waals surface area contributed by atoms with E-state index in [0.29, 0.717) is 18.5 Å². The fraction of sp³-hybridized carbons (Fsp3) is 0.250. The predicted molar refractivity (Wildman–Crippen MR) is 93.4 cm³/mol. The molecule has 1 aliphatic rings. The van der Waals surface area contributed by atoms with E-state index >= 15 is 0 Å². The van der Waals surface area contributed by atoms with Gasteiger partial charge in [0.1, 0.15) is 5.92 Å². The van der Waals surface area contributed by atoms with Crippen LogP contribution in [0.15, 0.2) is 48.7 Å². The van der Waals surface area contributed by atoms with Gasteiger partial charge >= 0.3 is 5.97 Å². The van der Waals surface area contributed by atoms with Gasteiger partial charge in [-0.1, -0.05) is 30.3 Å². The number of rotatable bonds is 4. The Morgan fingerprint density at radius 2 is 2.04 bits per heavy atom. The molecule has 0 N–H and O–H groups in total. The van der Waals surface area contributed by atoms with Crippen molar-refractivity contribution in [3.05, 3.63) is 65.4 Å². The monoisotopic (exact) mass is 334 g/mol. The molecule has 0 saturated heterocycles. The molecular formula is C20H18N2O3. The quantitative estimate of drug-likeness (QED) is 0.543. The van der Waals surface area contributed by atoms with Gasteiger partial charge in [0.15, 0.2) is 5.78 Å². The molecular weight excluding hydrogens is 316 g/mol. The summed E-state index contributed by atoms with van der Waals surface area (Å²) in [6.07, 6.45) is 2.35. The number of aromatic nitrogens is 2. The standard InChI is InChI=1S/C20H18N2O3/c1-2-25-20(24)16-10-15-14(19(16)23)8-9-18-17(15)12-22(21-18)11-13-6-4-3-5-7-13/h3-9,12,16H,2,10-11H2,1H3/t16-/m1/s1. The molecule has 1 aliphatic carbocycles. The summed E-state index contributed by atoms with van der Waals surface area (Å²) in [6, 6.07) is 13.7. The lowest BCUT2D eigenvalue weighted by molar-refractivity contribution is -0.145. The van der Waals surface area contributed by atoms with E-state index in [1.165, 1.54) is 0 Å². The smallest absolute Gasteiger partial charge is 0.317 e. The highest BCUT2D eigenvalue weighted by molar-refractivity contribution is 6.14. The van der Waals surface area contributed by atoms with E-state index < -0.39 is 11.9 Å². The zero-order valence-electron chi connectivity index (χ0n) is 13.9. The number of hydrogen-bond acceptors (Lipinski definition) is 4. The molecule has 0 unspecified atom stereocenters. The van der Waals surface area contributed by atoms with Crippen LogP contribution in [-0.2, 0) is 22.5 Å². The number of fused-ring (bicyclic) bond motifs is 3. The Morgan fingerprint density at radius 1 is 1.24 bits per heavy atom. The molecule has 0 spiro atoms. The maximum Gasteiger partial charge on any atom is 0.317 e. The second kappa shape index (κ2) is 6.16. The lowest BCUT2D eigenvalue weighted by atomic mass is 10.1. The number of esters is 1.